The second-order valence-corrected chi connectivity index (χ2v) is 10.7. The number of aromatic nitrogens is 1. The zero-order chi connectivity index (χ0) is 25.6. The summed E-state index contributed by atoms with van der Waals surface area (Å²) in [6, 6.07) is 21.6. The lowest BCUT2D eigenvalue weighted by Crippen LogP contribution is -3.00. The predicted octanol–water partition coefficient (Wildman–Crippen LogP) is 2.73. The Hall–Kier alpha value is -3.06. The van der Waals surface area contributed by atoms with Crippen LogP contribution in [0.15, 0.2) is 85.6 Å². The number of methoxy groups -OCH3 is 1. The summed E-state index contributed by atoms with van der Waals surface area (Å²) < 4.78 is 6.06. The van der Waals surface area contributed by atoms with Gasteiger partial charge in [-0.15, -0.1) is 6.58 Å². The molecule has 4 aromatic rings. The van der Waals surface area contributed by atoms with E-state index in [1.807, 2.05) is 66.7 Å². The molecule has 2 bridgehead atoms. The van der Waals surface area contributed by atoms with Gasteiger partial charge in [0.25, 0.3) is 0 Å². The van der Waals surface area contributed by atoms with Gasteiger partial charge < -0.3 is 31.3 Å². The Labute approximate surface area is 234 Å². The van der Waals surface area contributed by atoms with Crippen LogP contribution in [-0.4, -0.2) is 53.1 Å². The average molecular weight is 574 g/mol. The van der Waals surface area contributed by atoms with Crippen molar-refractivity contribution < 1.29 is 36.1 Å². The molecule has 3 aliphatic heterocycles. The molecular weight excluding hydrogens is 540 g/mol. The molecule has 5 atom stereocenters. The first-order valence-electron chi connectivity index (χ1n) is 13.1. The van der Waals surface area contributed by atoms with Crippen LogP contribution in [0.4, 0.5) is 0 Å². The molecule has 0 amide bonds. The van der Waals surface area contributed by atoms with Crippen LogP contribution in [0.25, 0.3) is 21.7 Å². The molecule has 7 rings (SSSR count). The molecule has 6 heteroatoms. The number of quaternary nitrogens is 1. The van der Waals surface area contributed by atoms with Crippen molar-refractivity contribution >= 4 is 27.5 Å². The summed E-state index contributed by atoms with van der Waals surface area (Å²) in [5.74, 6) is 1.71. The second-order valence-electron chi connectivity index (χ2n) is 10.7. The van der Waals surface area contributed by atoms with Gasteiger partial charge >= 0.3 is 0 Å². The fraction of sp³-hybridized carbons (Fsp3) is 0.312. The van der Waals surface area contributed by atoms with Crippen LogP contribution < -0.4 is 21.7 Å². The molecule has 0 radical (unpaired) electrons. The van der Waals surface area contributed by atoms with Gasteiger partial charge in [-0.25, -0.2) is 0 Å². The van der Waals surface area contributed by atoms with Gasteiger partial charge in [0.05, 0.1) is 25.7 Å². The largest absolute Gasteiger partial charge is 1.00 e. The van der Waals surface area contributed by atoms with E-state index in [9.17, 15) is 9.90 Å². The number of pyridine rings is 1. The summed E-state index contributed by atoms with van der Waals surface area (Å²) in [6.07, 6.45) is 5.03. The molecule has 4 heterocycles. The van der Waals surface area contributed by atoms with E-state index in [-0.39, 0.29) is 28.8 Å². The monoisotopic (exact) mass is 572 g/mol. The predicted molar refractivity (Wildman–Crippen MR) is 147 cm³/mol. The topological polar surface area (TPSA) is 59.4 Å². The number of benzene rings is 3. The number of piperidine rings is 3. The number of aliphatic hydroxyl groups is 1. The van der Waals surface area contributed by atoms with Crippen molar-refractivity contribution in [2.45, 2.75) is 25.0 Å². The number of carbonyl (C=O) groups is 1. The molecule has 4 unspecified atom stereocenters. The lowest BCUT2D eigenvalue weighted by Gasteiger charge is -2.57. The van der Waals surface area contributed by atoms with Crippen LogP contribution in [0.3, 0.4) is 0 Å². The Balaban J connectivity index is 0.00000294. The van der Waals surface area contributed by atoms with Gasteiger partial charge in [0.1, 0.15) is 24.4 Å². The number of rotatable bonds is 7. The number of carbonyl (C=O) groups excluding carboxylic acids is 1. The molecule has 1 aromatic heterocycles. The minimum absolute atomic E-state index is 0. The number of nitrogens with zero attached hydrogens (tertiary/aromatic N) is 2. The smallest absolute Gasteiger partial charge is 0.217 e. The number of hydrogen-bond acceptors (Lipinski definition) is 4. The summed E-state index contributed by atoms with van der Waals surface area (Å²) in [4.78, 5) is 18.5. The maximum Gasteiger partial charge on any atom is 0.217 e. The molecule has 196 valence electrons. The van der Waals surface area contributed by atoms with E-state index in [1.165, 1.54) is 0 Å². The van der Waals surface area contributed by atoms with Crippen LogP contribution in [0.5, 0.6) is 5.75 Å². The lowest BCUT2D eigenvalue weighted by atomic mass is 9.71. The van der Waals surface area contributed by atoms with Gasteiger partial charge in [-0.2, -0.15) is 0 Å². The van der Waals surface area contributed by atoms with Gasteiger partial charge in [-0.1, -0.05) is 48.5 Å². The average Bonchev–Trinajstić information content (AvgIpc) is 2.95. The molecule has 5 nitrogen and oxygen atoms in total. The first-order valence-corrected chi connectivity index (χ1v) is 13.1. The number of Topliss-reactive ketones (excluding diaryl/α,β-unsaturated/α-hetero) is 1. The third-order valence-electron chi connectivity index (χ3n) is 8.89. The van der Waals surface area contributed by atoms with Crippen molar-refractivity contribution in [3.05, 3.63) is 96.7 Å². The second kappa shape index (κ2) is 10.6. The summed E-state index contributed by atoms with van der Waals surface area (Å²) in [7, 11) is 1.65. The first-order chi connectivity index (χ1) is 18.0. The maximum absolute atomic E-state index is 14.0. The van der Waals surface area contributed by atoms with Crippen molar-refractivity contribution in [2.24, 2.45) is 11.8 Å². The normalized spacial score (nSPS) is 25.1. The molecular formula is C32H33BrN2O3. The third-order valence-corrected chi connectivity index (χ3v) is 8.89. The Morgan fingerprint density at radius 1 is 1.16 bits per heavy atom. The molecule has 0 saturated carbocycles. The highest BCUT2D eigenvalue weighted by molar-refractivity contribution is 6.08. The van der Waals surface area contributed by atoms with Crippen LogP contribution in [0, 0.1) is 11.8 Å². The van der Waals surface area contributed by atoms with Gasteiger partial charge in [0.2, 0.25) is 5.78 Å². The van der Waals surface area contributed by atoms with Crippen molar-refractivity contribution in [1.82, 2.24) is 4.98 Å². The zero-order valence-corrected chi connectivity index (χ0v) is 23.2. The van der Waals surface area contributed by atoms with Crippen molar-refractivity contribution in [3.8, 4) is 5.75 Å². The van der Waals surface area contributed by atoms with Crippen LogP contribution in [-0.2, 0) is 0 Å². The van der Waals surface area contributed by atoms with E-state index in [2.05, 4.69) is 17.6 Å². The first kappa shape index (κ1) is 26.5. The molecule has 3 aliphatic rings. The highest BCUT2D eigenvalue weighted by Crippen LogP contribution is 2.47. The summed E-state index contributed by atoms with van der Waals surface area (Å²) in [5.41, 5.74) is 2.45. The molecule has 38 heavy (non-hydrogen) atoms. The highest BCUT2D eigenvalue weighted by Gasteiger charge is 2.54. The fourth-order valence-electron chi connectivity index (χ4n) is 6.96. The SMILES string of the molecule is C=CC1C[N+]2(CC(=O)c3cccc4ccccc34)CCC1CC2[C@H](O)c1ccnc2ccc(OC)cc12.[Br-]. The van der Waals surface area contributed by atoms with Gasteiger partial charge in [0, 0.05) is 35.9 Å². The maximum atomic E-state index is 14.0. The van der Waals surface area contributed by atoms with Crippen molar-refractivity contribution in [3.63, 3.8) is 0 Å². The van der Waals surface area contributed by atoms with E-state index in [4.69, 9.17) is 4.74 Å². The van der Waals surface area contributed by atoms with Crippen molar-refractivity contribution in [1.29, 1.82) is 0 Å². The Kier molecular flexibility index (Phi) is 7.40. The summed E-state index contributed by atoms with van der Waals surface area (Å²) in [6.45, 7) is 6.22. The van der Waals surface area contributed by atoms with E-state index >= 15 is 0 Å². The van der Waals surface area contributed by atoms with Crippen LogP contribution in [0.2, 0.25) is 0 Å². The molecule has 3 saturated heterocycles. The standard InChI is InChI=1S/C32H33N2O3.BrH/c1-3-21-19-34(20-31(35)26-10-6-8-22-7-4-5-9-25(22)26)16-14-23(21)17-30(34)32(36)27-13-15-33-29-12-11-24(37-2)18-28(27)29;/h3-13,15,18,21,23,30,32,36H,1,14,16-17,19-20H2,2H3;1H/q+1;/p-1/t21?,23?,30?,32-,34?;/m1./s1. The highest BCUT2D eigenvalue weighted by atomic mass is 79.9. The number of ether oxygens (including phenoxy) is 1. The Bertz CT molecular complexity index is 1500. The van der Waals surface area contributed by atoms with E-state index in [0.717, 1.165) is 64.5 Å². The van der Waals surface area contributed by atoms with E-state index in [1.54, 1.807) is 13.3 Å². The quantitative estimate of drug-likeness (QED) is 0.210. The summed E-state index contributed by atoms with van der Waals surface area (Å²) in [5, 5.41) is 14.9. The van der Waals surface area contributed by atoms with E-state index < -0.39 is 6.10 Å². The van der Waals surface area contributed by atoms with Gasteiger partial charge in [-0.05, 0) is 46.5 Å². The molecule has 3 fully saturated rings. The number of halogens is 1. The van der Waals surface area contributed by atoms with Crippen molar-refractivity contribution in [2.75, 3.05) is 26.7 Å². The van der Waals surface area contributed by atoms with E-state index in [0.29, 0.717) is 22.9 Å². The molecule has 3 aromatic carbocycles. The lowest BCUT2D eigenvalue weighted by molar-refractivity contribution is -0.966. The molecule has 0 aliphatic carbocycles. The van der Waals surface area contributed by atoms with Crippen LogP contribution in [0.1, 0.15) is 34.9 Å². The third kappa shape index (κ3) is 4.45. The Morgan fingerprint density at radius 2 is 1.97 bits per heavy atom. The number of fused-ring (bicyclic) bond motifs is 5. The van der Waals surface area contributed by atoms with Gasteiger partial charge in [0.15, 0.2) is 0 Å². The Morgan fingerprint density at radius 3 is 2.79 bits per heavy atom. The number of aliphatic hydroxyl groups excluding tert-OH is 1. The van der Waals surface area contributed by atoms with Gasteiger partial charge in [-0.3, -0.25) is 9.78 Å². The number of ketones is 1. The minimum atomic E-state index is -0.716. The minimum Gasteiger partial charge on any atom is -1.00 e. The van der Waals surface area contributed by atoms with Crippen LogP contribution >= 0.6 is 0 Å². The summed E-state index contributed by atoms with van der Waals surface area (Å²) >= 11 is 0. The fourth-order valence-corrected chi connectivity index (χ4v) is 6.96. The zero-order valence-electron chi connectivity index (χ0n) is 21.6. The number of hydrogen-bond donors (Lipinski definition) is 1. The molecule has 0 spiro atoms. The molecule has 1 N–H and O–H groups in total.